The quantitative estimate of drug-likeness (QED) is 0.650. The minimum Gasteiger partial charge on any atom is -0.478 e. The molecule has 0 spiro atoms. The maximum Gasteiger partial charge on any atom is 0.492 e. The molecule has 0 amide bonds. The number of carbonyl (C=O) groups is 1. The topological polar surface area (TPSA) is 66.8 Å². The van der Waals surface area contributed by atoms with Crippen molar-refractivity contribution >= 4 is 18.6 Å². The maximum absolute atomic E-state index is 10.7. The summed E-state index contributed by atoms with van der Waals surface area (Å²) in [5, 5.41) is 18.4. The fourth-order valence-corrected chi connectivity index (χ4v) is 1.85. The van der Waals surface area contributed by atoms with E-state index >= 15 is 0 Å². The molecule has 0 aromatic heterocycles. The SMILES string of the molecule is CC1(C)OB(O)c2cc(C(=O)O)ccc21. The van der Waals surface area contributed by atoms with Crippen LogP contribution in [0.1, 0.15) is 29.8 Å². The van der Waals surface area contributed by atoms with Gasteiger partial charge in [0.15, 0.2) is 0 Å². The Bertz CT molecular complexity index is 427. The first kappa shape index (κ1) is 10.2. The van der Waals surface area contributed by atoms with Crippen molar-refractivity contribution in [3.8, 4) is 0 Å². The van der Waals surface area contributed by atoms with Gasteiger partial charge in [-0.25, -0.2) is 4.79 Å². The standard InChI is InChI=1S/C10H11BO4/c1-10(2)7-4-3-6(9(12)13)5-8(7)11(14)15-10/h3-5,14H,1-2H3,(H,12,13). The molecule has 1 heterocycles. The van der Waals surface area contributed by atoms with E-state index in [1.54, 1.807) is 6.07 Å². The fraction of sp³-hybridized carbons (Fsp3) is 0.300. The second-order valence-corrected chi connectivity index (χ2v) is 4.09. The first-order valence-corrected chi connectivity index (χ1v) is 4.65. The number of rotatable bonds is 1. The van der Waals surface area contributed by atoms with Gasteiger partial charge in [-0.2, -0.15) is 0 Å². The molecule has 0 radical (unpaired) electrons. The highest BCUT2D eigenvalue weighted by Gasteiger charge is 2.40. The van der Waals surface area contributed by atoms with Gasteiger partial charge in [0.05, 0.1) is 11.2 Å². The van der Waals surface area contributed by atoms with Gasteiger partial charge in [0.1, 0.15) is 0 Å². The lowest BCUT2D eigenvalue weighted by Crippen LogP contribution is -2.29. The Labute approximate surface area is 87.6 Å². The largest absolute Gasteiger partial charge is 0.492 e. The zero-order valence-corrected chi connectivity index (χ0v) is 8.52. The molecule has 1 aliphatic heterocycles. The molecular weight excluding hydrogens is 195 g/mol. The third kappa shape index (κ3) is 1.54. The molecule has 0 saturated carbocycles. The molecule has 0 aliphatic carbocycles. The van der Waals surface area contributed by atoms with Crippen molar-refractivity contribution in [3.63, 3.8) is 0 Å². The minimum atomic E-state index is -1.03. The van der Waals surface area contributed by atoms with Crippen molar-refractivity contribution in [2.24, 2.45) is 0 Å². The van der Waals surface area contributed by atoms with Gasteiger partial charge in [0.2, 0.25) is 0 Å². The Morgan fingerprint density at radius 1 is 1.47 bits per heavy atom. The molecule has 0 unspecified atom stereocenters. The Kier molecular flexibility index (Phi) is 2.10. The lowest BCUT2D eigenvalue weighted by molar-refractivity contribution is 0.0696. The van der Waals surface area contributed by atoms with Gasteiger partial charge in [-0.1, -0.05) is 6.07 Å². The molecule has 0 fully saturated rings. The van der Waals surface area contributed by atoms with Crippen LogP contribution in [0.25, 0.3) is 0 Å². The van der Waals surface area contributed by atoms with Crippen molar-refractivity contribution in [1.82, 2.24) is 0 Å². The average molecular weight is 206 g/mol. The zero-order valence-electron chi connectivity index (χ0n) is 8.52. The van der Waals surface area contributed by atoms with E-state index in [4.69, 9.17) is 9.76 Å². The summed E-state index contributed by atoms with van der Waals surface area (Å²) in [6.45, 7) is 3.67. The molecule has 1 aliphatic rings. The third-order valence-corrected chi connectivity index (χ3v) is 2.62. The van der Waals surface area contributed by atoms with Crippen molar-refractivity contribution in [2.45, 2.75) is 19.4 Å². The van der Waals surface area contributed by atoms with E-state index in [1.807, 2.05) is 13.8 Å². The highest BCUT2D eigenvalue weighted by Crippen LogP contribution is 2.29. The van der Waals surface area contributed by atoms with E-state index in [2.05, 4.69) is 0 Å². The number of fused-ring (bicyclic) bond motifs is 1. The van der Waals surface area contributed by atoms with Gasteiger partial charge in [0.25, 0.3) is 0 Å². The molecule has 4 nitrogen and oxygen atoms in total. The molecular formula is C10H11BO4. The van der Waals surface area contributed by atoms with Crippen LogP contribution < -0.4 is 5.46 Å². The summed E-state index contributed by atoms with van der Waals surface area (Å²) in [5.74, 6) is -1.00. The van der Waals surface area contributed by atoms with E-state index in [9.17, 15) is 9.82 Å². The van der Waals surface area contributed by atoms with Crippen molar-refractivity contribution in [2.75, 3.05) is 0 Å². The molecule has 0 atom stereocenters. The summed E-state index contributed by atoms with van der Waals surface area (Å²) < 4.78 is 5.32. The number of hydrogen-bond acceptors (Lipinski definition) is 3. The van der Waals surface area contributed by atoms with Gasteiger partial charge in [-0.3, -0.25) is 0 Å². The number of hydrogen-bond donors (Lipinski definition) is 2. The van der Waals surface area contributed by atoms with Gasteiger partial charge in [-0.05, 0) is 37.0 Å². The van der Waals surface area contributed by atoms with Crippen molar-refractivity contribution < 1.29 is 19.6 Å². The number of benzene rings is 1. The summed E-state index contributed by atoms with van der Waals surface area (Å²) in [7, 11) is -1.03. The van der Waals surface area contributed by atoms with Gasteiger partial charge in [0, 0.05) is 0 Å². The van der Waals surface area contributed by atoms with E-state index in [-0.39, 0.29) is 5.56 Å². The van der Waals surface area contributed by atoms with Gasteiger partial charge < -0.3 is 14.8 Å². The Balaban J connectivity index is 2.55. The van der Waals surface area contributed by atoms with Crippen LogP contribution in [0.5, 0.6) is 0 Å². The zero-order chi connectivity index (χ0) is 11.2. The van der Waals surface area contributed by atoms with E-state index in [0.717, 1.165) is 5.56 Å². The molecule has 5 heteroatoms. The summed E-state index contributed by atoms with van der Waals surface area (Å²) in [6, 6.07) is 4.66. The first-order valence-electron chi connectivity index (χ1n) is 4.65. The van der Waals surface area contributed by atoms with Crippen LogP contribution in [0, 0.1) is 0 Å². The molecule has 15 heavy (non-hydrogen) atoms. The molecule has 1 aromatic rings. The van der Waals surface area contributed by atoms with Crippen LogP contribution in [0.15, 0.2) is 18.2 Å². The summed E-state index contributed by atoms with van der Waals surface area (Å²) in [5.41, 5.74) is 0.972. The lowest BCUT2D eigenvalue weighted by Gasteiger charge is -2.19. The molecule has 1 aromatic carbocycles. The maximum atomic E-state index is 10.7. The average Bonchev–Trinajstić information content (AvgIpc) is 2.37. The number of carboxylic acid groups (broad SMARTS) is 1. The third-order valence-electron chi connectivity index (χ3n) is 2.62. The minimum absolute atomic E-state index is 0.161. The Morgan fingerprint density at radius 3 is 2.73 bits per heavy atom. The van der Waals surface area contributed by atoms with Crippen LogP contribution in [0.4, 0.5) is 0 Å². The molecule has 2 rings (SSSR count). The second-order valence-electron chi connectivity index (χ2n) is 4.09. The molecule has 2 N–H and O–H groups in total. The van der Waals surface area contributed by atoms with E-state index < -0.39 is 18.7 Å². The monoisotopic (exact) mass is 206 g/mol. The fourth-order valence-electron chi connectivity index (χ4n) is 1.85. The highest BCUT2D eigenvalue weighted by molar-refractivity contribution is 6.62. The molecule has 0 bridgehead atoms. The Hall–Kier alpha value is -1.33. The van der Waals surface area contributed by atoms with E-state index in [0.29, 0.717) is 5.46 Å². The summed E-state index contributed by atoms with van der Waals surface area (Å²) >= 11 is 0. The predicted octanol–water partition coefficient (Wildman–Crippen LogP) is 0.338. The van der Waals surface area contributed by atoms with Crippen LogP contribution in [-0.2, 0) is 10.3 Å². The Morgan fingerprint density at radius 2 is 2.13 bits per heavy atom. The van der Waals surface area contributed by atoms with Crippen molar-refractivity contribution in [1.29, 1.82) is 0 Å². The van der Waals surface area contributed by atoms with Crippen LogP contribution >= 0.6 is 0 Å². The predicted molar refractivity (Wildman–Crippen MR) is 55.1 cm³/mol. The van der Waals surface area contributed by atoms with Crippen LogP contribution in [0.3, 0.4) is 0 Å². The highest BCUT2D eigenvalue weighted by atomic mass is 16.5. The van der Waals surface area contributed by atoms with E-state index in [1.165, 1.54) is 12.1 Å². The van der Waals surface area contributed by atoms with Gasteiger partial charge >= 0.3 is 13.1 Å². The summed E-state index contributed by atoms with van der Waals surface area (Å²) in [4.78, 5) is 10.7. The van der Waals surface area contributed by atoms with Crippen molar-refractivity contribution in [3.05, 3.63) is 29.3 Å². The smallest absolute Gasteiger partial charge is 0.478 e. The number of carboxylic acids is 1. The first-order chi connectivity index (χ1) is 6.92. The van der Waals surface area contributed by atoms with Crippen LogP contribution in [0.2, 0.25) is 0 Å². The van der Waals surface area contributed by atoms with Crippen LogP contribution in [-0.4, -0.2) is 23.2 Å². The van der Waals surface area contributed by atoms with Gasteiger partial charge in [-0.15, -0.1) is 0 Å². The second kappa shape index (κ2) is 3.08. The lowest BCUT2D eigenvalue weighted by atomic mass is 9.77. The molecule has 0 saturated heterocycles. The molecule has 78 valence electrons. The number of aromatic carboxylic acids is 1. The normalized spacial score (nSPS) is 17.7. The summed E-state index contributed by atoms with van der Waals surface area (Å²) in [6.07, 6.45) is 0.